The van der Waals surface area contributed by atoms with Crippen molar-refractivity contribution >= 4 is 11.8 Å². The number of hydrogen-bond acceptors (Lipinski definition) is 6. The lowest BCUT2D eigenvalue weighted by Gasteiger charge is -2.30. The smallest absolute Gasteiger partial charge is 0.261 e. The quantitative estimate of drug-likeness (QED) is 0.590. The van der Waals surface area contributed by atoms with Gasteiger partial charge in [0.1, 0.15) is 29.0 Å². The van der Waals surface area contributed by atoms with Crippen LogP contribution in [0, 0.1) is 0 Å². The molecule has 0 saturated heterocycles. The third-order valence-electron chi connectivity index (χ3n) is 4.83. The SMILES string of the molecule is CC[C@H](C(=O)NC)N(Cc1ccc(OC)cc1)C(=O)COc1cc(OC)cc(OC)c1. The van der Waals surface area contributed by atoms with Crippen LogP contribution in [0.3, 0.4) is 0 Å². The molecule has 168 valence electrons. The van der Waals surface area contributed by atoms with Crippen molar-refractivity contribution in [2.45, 2.75) is 25.9 Å². The molecule has 0 bridgehead atoms. The van der Waals surface area contributed by atoms with E-state index in [1.807, 2.05) is 31.2 Å². The number of likely N-dealkylation sites (N-methyl/N-ethyl adjacent to an activating group) is 1. The van der Waals surface area contributed by atoms with Crippen LogP contribution in [-0.2, 0) is 16.1 Å². The molecule has 2 aromatic carbocycles. The Bertz CT molecular complexity index is 847. The predicted octanol–water partition coefficient (Wildman–Crippen LogP) is 2.64. The number of ether oxygens (including phenoxy) is 4. The van der Waals surface area contributed by atoms with Gasteiger partial charge < -0.3 is 29.2 Å². The molecule has 0 aliphatic heterocycles. The highest BCUT2D eigenvalue weighted by atomic mass is 16.5. The topological polar surface area (TPSA) is 86.3 Å². The van der Waals surface area contributed by atoms with E-state index in [2.05, 4.69) is 5.32 Å². The van der Waals surface area contributed by atoms with Gasteiger partial charge in [0.25, 0.3) is 5.91 Å². The lowest BCUT2D eigenvalue weighted by molar-refractivity contribution is -0.142. The normalized spacial score (nSPS) is 11.3. The summed E-state index contributed by atoms with van der Waals surface area (Å²) in [6.07, 6.45) is 0.467. The zero-order valence-electron chi connectivity index (χ0n) is 18.6. The number of carbonyl (C=O) groups excluding carboxylic acids is 2. The number of benzene rings is 2. The second-order valence-corrected chi connectivity index (χ2v) is 6.75. The molecule has 31 heavy (non-hydrogen) atoms. The molecule has 2 amide bonds. The van der Waals surface area contributed by atoms with Gasteiger partial charge in [0.2, 0.25) is 5.91 Å². The van der Waals surface area contributed by atoms with Crippen molar-refractivity contribution in [3.8, 4) is 23.0 Å². The fourth-order valence-electron chi connectivity index (χ4n) is 3.11. The van der Waals surface area contributed by atoms with E-state index in [4.69, 9.17) is 18.9 Å². The zero-order chi connectivity index (χ0) is 22.8. The van der Waals surface area contributed by atoms with Gasteiger partial charge in [-0.3, -0.25) is 9.59 Å². The summed E-state index contributed by atoms with van der Waals surface area (Å²) in [5.74, 6) is 1.71. The Hall–Kier alpha value is -3.42. The molecular weight excluding hydrogens is 400 g/mol. The Labute approximate surface area is 183 Å². The Balaban J connectivity index is 2.21. The Morgan fingerprint density at radius 3 is 1.94 bits per heavy atom. The van der Waals surface area contributed by atoms with Crippen molar-refractivity contribution in [2.75, 3.05) is 35.0 Å². The zero-order valence-corrected chi connectivity index (χ0v) is 18.6. The molecule has 0 heterocycles. The van der Waals surface area contributed by atoms with Crippen LogP contribution in [0.5, 0.6) is 23.0 Å². The number of rotatable bonds is 11. The second-order valence-electron chi connectivity index (χ2n) is 6.75. The molecule has 0 spiro atoms. The van der Waals surface area contributed by atoms with E-state index in [1.165, 1.54) is 19.1 Å². The third-order valence-corrected chi connectivity index (χ3v) is 4.83. The van der Waals surface area contributed by atoms with Crippen LogP contribution in [0.1, 0.15) is 18.9 Å². The van der Waals surface area contributed by atoms with Crippen molar-refractivity contribution in [3.63, 3.8) is 0 Å². The maximum absolute atomic E-state index is 13.1. The third kappa shape index (κ3) is 6.53. The Morgan fingerprint density at radius 2 is 1.45 bits per heavy atom. The molecule has 1 atom stereocenters. The summed E-state index contributed by atoms with van der Waals surface area (Å²) in [6, 6.07) is 11.8. The maximum Gasteiger partial charge on any atom is 0.261 e. The lowest BCUT2D eigenvalue weighted by atomic mass is 10.1. The first-order valence-electron chi connectivity index (χ1n) is 9.95. The average molecular weight is 431 g/mol. The summed E-state index contributed by atoms with van der Waals surface area (Å²) >= 11 is 0. The molecular formula is C23H30N2O6. The van der Waals surface area contributed by atoms with Crippen LogP contribution in [0.25, 0.3) is 0 Å². The molecule has 1 N–H and O–H groups in total. The standard InChI is InChI=1S/C23H30N2O6/c1-6-21(23(27)24-2)25(14-16-7-9-17(28-3)10-8-16)22(26)15-31-20-12-18(29-4)11-19(13-20)30-5/h7-13,21H,6,14-15H2,1-5H3,(H,24,27)/t21-/m1/s1. The highest BCUT2D eigenvalue weighted by molar-refractivity contribution is 5.88. The summed E-state index contributed by atoms with van der Waals surface area (Å²) in [7, 11) is 6.22. The van der Waals surface area contributed by atoms with E-state index in [0.29, 0.717) is 23.7 Å². The molecule has 0 aliphatic carbocycles. The highest BCUT2D eigenvalue weighted by Gasteiger charge is 2.28. The van der Waals surface area contributed by atoms with Crippen LogP contribution in [-0.4, -0.2) is 57.7 Å². The number of hydrogen-bond donors (Lipinski definition) is 1. The van der Waals surface area contributed by atoms with Crippen molar-refractivity contribution < 1.29 is 28.5 Å². The number of carbonyl (C=O) groups is 2. The molecule has 0 radical (unpaired) electrons. The highest BCUT2D eigenvalue weighted by Crippen LogP contribution is 2.27. The van der Waals surface area contributed by atoms with E-state index in [-0.39, 0.29) is 25.0 Å². The number of nitrogens with one attached hydrogen (secondary N) is 1. The molecule has 2 aromatic rings. The molecule has 8 heteroatoms. The van der Waals surface area contributed by atoms with Gasteiger partial charge in [0.15, 0.2) is 6.61 Å². The van der Waals surface area contributed by atoms with Crippen LogP contribution < -0.4 is 24.3 Å². The van der Waals surface area contributed by atoms with E-state index >= 15 is 0 Å². The number of nitrogens with zero attached hydrogens (tertiary/aromatic N) is 1. The van der Waals surface area contributed by atoms with Gasteiger partial charge in [-0.2, -0.15) is 0 Å². The Morgan fingerprint density at radius 1 is 0.903 bits per heavy atom. The van der Waals surface area contributed by atoms with Crippen LogP contribution in [0.15, 0.2) is 42.5 Å². The molecule has 0 fully saturated rings. The van der Waals surface area contributed by atoms with Gasteiger partial charge in [-0.15, -0.1) is 0 Å². The first-order chi connectivity index (χ1) is 14.9. The van der Waals surface area contributed by atoms with Crippen molar-refractivity contribution in [2.24, 2.45) is 0 Å². The van der Waals surface area contributed by atoms with Gasteiger partial charge in [0, 0.05) is 31.8 Å². The van der Waals surface area contributed by atoms with Crippen molar-refractivity contribution in [1.82, 2.24) is 10.2 Å². The maximum atomic E-state index is 13.1. The second kappa shape index (κ2) is 11.7. The first kappa shape index (κ1) is 23.9. The Kier molecular flexibility index (Phi) is 8.99. The number of methoxy groups -OCH3 is 3. The van der Waals surface area contributed by atoms with Gasteiger partial charge in [-0.1, -0.05) is 19.1 Å². The van der Waals surface area contributed by atoms with E-state index in [9.17, 15) is 9.59 Å². The van der Waals surface area contributed by atoms with Gasteiger partial charge in [-0.25, -0.2) is 0 Å². The molecule has 8 nitrogen and oxygen atoms in total. The molecule has 0 unspecified atom stereocenters. The van der Waals surface area contributed by atoms with Crippen LogP contribution in [0.4, 0.5) is 0 Å². The summed E-state index contributed by atoms with van der Waals surface area (Å²) in [5.41, 5.74) is 0.875. The van der Waals surface area contributed by atoms with E-state index < -0.39 is 6.04 Å². The summed E-state index contributed by atoms with van der Waals surface area (Å²) in [4.78, 5) is 27.1. The summed E-state index contributed by atoms with van der Waals surface area (Å²) in [5, 5.41) is 2.63. The van der Waals surface area contributed by atoms with Gasteiger partial charge in [0.05, 0.1) is 21.3 Å². The predicted molar refractivity (Wildman–Crippen MR) is 117 cm³/mol. The fourth-order valence-corrected chi connectivity index (χ4v) is 3.11. The average Bonchev–Trinajstić information content (AvgIpc) is 2.82. The summed E-state index contributed by atoms with van der Waals surface area (Å²) in [6.45, 7) is 1.89. The lowest BCUT2D eigenvalue weighted by Crippen LogP contribution is -2.49. The molecule has 0 saturated carbocycles. The largest absolute Gasteiger partial charge is 0.497 e. The van der Waals surface area contributed by atoms with Crippen LogP contribution >= 0.6 is 0 Å². The van der Waals surface area contributed by atoms with E-state index in [0.717, 1.165) is 11.3 Å². The number of amides is 2. The molecule has 0 aliphatic rings. The molecule has 0 aromatic heterocycles. The van der Waals surface area contributed by atoms with Gasteiger partial charge >= 0.3 is 0 Å². The van der Waals surface area contributed by atoms with Gasteiger partial charge in [-0.05, 0) is 24.1 Å². The first-order valence-corrected chi connectivity index (χ1v) is 9.95. The summed E-state index contributed by atoms with van der Waals surface area (Å²) < 4.78 is 21.4. The molecule has 2 rings (SSSR count). The van der Waals surface area contributed by atoms with E-state index in [1.54, 1.807) is 32.4 Å². The minimum Gasteiger partial charge on any atom is -0.497 e. The van der Waals surface area contributed by atoms with Crippen molar-refractivity contribution in [3.05, 3.63) is 48.0 Å². The fraction of sp³-hybridized carbons (Fsp3) is 0.391. The minimum atomic E-state index is -0.622. The van der Waals surface area contributed by atoms with Crippen LogP contribution in [0.2, 0.25) is 0 Å². The minimum absolute atomic E-state index is 0.229. The monoisotopic (exact) mass is 430 g/mol. The van der Waals surface area contributed by atoms with Crippen molar-refractivity contribution in [1.29, 1.82) is 0 Å².